The second kappa shape index (κ2) is 5.41. The molecule has 1 fully saturated rings. The van der Waals surface area contributed by atoms with Crippen LogP contribution in [0, 0.1) is 13.8 Å². The van der Waals surface area contributed by atoms with E-state index in [-0.39, 0.29) is 5.54 Å². The highest BCUT2D eigenvalue weighted by Crippen LogP contribution is 2.43. The molecular formula is C16H25NO2. The standard InChI is InChI=1S/C16H25NO2/c1-11-12(2)15(19-4)13(10-14(11)18-3)16(17)8-6-5-7-9-16/h10H,5-9,17H2,1-4H3. The highest BCUT2D eigenvalue weighted by molar-refractivity contribution is 5.55. The van der Waals surface area contributed by atoms with Crippen molar-refractivity contribution in [2.75, 3.05) is 14.2 Å². The van der Waals surface area contributed by atoms with E-state index in [9.17, 15) is 0 Å². The molecule has 0 radical (unpaired) electrons. The lowest BCUT2D eigenvalue weighted by molar-refractivity contribution is 0.286. The first-order valence-corrected chi connectivity index (χ1v) is 7.05. The Morgan fingerprint density at radius 3 is 2.16 bits per heavy atom. The number of rotatable bonds is 3. The predicted molar refractivity (Wildman–Crippen MR) is 78.0 cm³/mol. The van der Waals surface area contributed by atoms with Crippen LogP contribution in [0.2, 0.25) is 0 Å². The van der Waals surface area contributed by atoms with E-state index in [1.807, 2.05) is 0 Å². The second-order valence-corrected chi connectivity index (χ2v) is 5.63. The third-order valence-corrected chi connectivity index (χ3v) is 4.50. The third-order valence-electron chi connectivity index (χ3n) is 4.50. The Hall–Kier alpha value is -1.22. The van der Waals surface area contributed by atoms with Crippen LogP contribution in [-0.2, 0) is 5.54 Å². The van der Waals surface area contributed by atoms with E-state index in [0.717, 1.165) is 41.0 Å². The quantitative estimate of drug-likeness (QED) is 0.908. The molecule has 0 atom stereocenters. The first-order valence-electron chi connectivity index (χ1n) is 7.05. The number of benzene rings is 1. The Labute approximate surface area is 116 Å². The summed E-state index contributed by atoms with van der Waals surface area (Å²) in [7, 11) is 3.44. The van der Waals surface area contributed by atoms with Gasteiger partial charge in [0.25, 0.3) is 0 Å². The van der Waals surface area contributed by atoms with Gasteiger partial charge in [-0.2, -0.15) is 0 Å². The molecule has 1 saturated carbocycles. The largest absolute Gasteiger partial charge is 0.496 e. The Kier molecular flexibility index (Phi) is 4.04. The van der Waals surface area contributed by atoms with Crippen molar-refractivity contribution in [3.05, 3.63) is 22.8 Å². The highest BCUT2D eigenvalue weighted by Gasteiger charge is 2.33. The minimum absolute atomic E-state index is 0.269. The van der Waals surface area contributed by atoms with Crippen LogP contribution in [0.3, 0.4) is 0 Å². The molecule has 0 aromatic heterocycles. The molecule has 1 aromatic carbocycles. The molecule has 1 aliphatic rings. The summed E-state index contributed by atoms with van der Waals surface area (Å²) in [5.74, 6) is 1.84. The molecule has 0 spiro atoms. The van der Waals surface area contributed by atoms with Gasteiger partial charge in [-0.1, -0.05) is 19.3 Å². The monoisotopic (exact) mass is 263 g/mol. The minimum atomic E-state index is -0.269. The van der Waals surface area contributed by atoms with Crippen LogP contribution < -0.4 is 15.2 Å². The molecule has 106 valence electrons. The van der Waals surface area contributed by atoms with Crippen molar-refractivity contribution in [1.82, 2.24) is 0 Å². The molecule has 2 N–H and O–H groups in total. The SMILES string of the molecule is COc1cc(C2(N)CCCCC2)c(OC)c(C)c1C. The fourth-order valence-electron chi connectivity index (χ4n) is 3.16. The Bertz CT molecular complexity index is 462. The summed E-state index contributed by atoms with van der Waals surface area (Å²) in [6.07, 6.45) is 5.71. The fourth-order valence-corrected chi connectivity index (χ4v) is 3.16. The Morgan fingerprint density at radius 1 is 1.00 bits per heavy atom. The van der Waals surface area contributed by atoms with Crippen LogP contribution in [0.5, 0.6) is 11.5 Å². The lowest BCUT2D eigenvalue weighted by Crippen LogP contribution is -2.39. The van der Waals surface area contributed by atoms with Gasteiger partial charge in [0.15, 0.2) is 0 Å². The molecule has 3 heteroatoms. The summed E-state index contributed by atoms with van der Waals surface area (Å²) in [4.78, 5) is 0. The van der Waals surface area contributed by atoms with Crippen LogP contribution in [0.15, 0.2) is 6.07 Å². The summed E-state index contributed by atoms with van der Waals surface area (Å²) in [6, 6.07) is 2.08. The summed E-state index contributed by atoms with van der Waals surface area (Å²) in [5, 5.41) is 0. The number of hydrogen-bond donors (Lipinski definition) is 1. The minimum Gasteiger partial charge on any atom is -0.496 e. The second-order valence-electron chi connectivity index (χ2n) is 5.63. The van der Waals surface area contributed by atoms with Gasteiger partial charge in [0.1, 0.15) is 11.5 Å². The molecule has 1 aromatic rings. The molecule has 0 bridgehead atoms. The molecule has 0 unspecified atom stereocenters. The van der Waals surface area contributed by atoms with Gasteiger partial charge >= 0.3 is 0 Å². The third kappa shape index (κ3) is 2.44. The Morgan fingerprint density at radius 2 is 1.63 bits per heavy atom. The summed E-state index contributed by atoms with van der Waals surface area (Å²) < 4.78 is 11.1. The maximum absolute atomic E-state index is 6.66. The van der Waals surface area contributed by atoms with Gasteiger partial charge in [0, 0.05) is 11.1 Å². The number of hydrogen-bond acceptors (Lipinski definition) is 3. The average Bonchev–Trinajstić information content (AvgIpc) is 2.42. The lowest BCUT2D eigenvalue weighted by atomic mass is 9.76. The normalized spacial score (nSPS) is 18.2. The highest BCUT2D eigenvalue weighted by atomic mass is 16.5. The molecule has 3 nitrogen and oxygen atoms in total. The molecule has 0 amide bonds. The van der Waals surface area contributed by atoms with E-state index in [4.69, 9.17) is 15.2 Å². The maximum atomic E-state index is 6.66. The van der Waals surface area contributed by atoms with Crippen LogP contribution in [0.4, 0.5) is 0 Å². The zero-order chi connectivity index (χ0) is 14.0. The van der Waals surface area contributed by atoms with E-state index in [1.165, 1.54) is 19.3 Å². The number of ether oxygens (including phenoxy) is 2. The van der Waals surface area contributed by atoms with Crippen molar-refractivity contribution in [2.45, 2.75) is 51.5 Å². The van der Waals surface area contributed by atoms with E-state index in [0.29, 0.717) is 0 Å². The van der Waals surface area contributed by atoms with Crippen LogP contribution >= 0.6 is 0 Å². The van der Waals surface area contributed by atoms with Gasteiger partial charge in [-0.15, -0.1) is 0 Å². The Balaban J connectivity index is 2.57. The molecular weight excluding hydrogens is 238 g/mol. The van der Waals surface area contributed by atoms with Gasteiger partial charge in [-0.05, 0) is 43.9 Å². The first-order chi connectivity index (χ1) is 9.03. The maximum Gasteiger partial charge on any atom is 0.127 e. The van der Waals surface area contributed by atoms with Crippen molar-refractivity contribution in [1.29, 1.82) is 0 Å². The lowest BCUT2D eigenvalue weighted by Gasteiger charge is -2.36. The zero-order valence-corrected chi connectivity index (χ0v) is 12.5. The molecule has 0 saturated heterocycles. The fraction of sp³-hybridized carbons (Fsp3) is 0.625. The van der Waals surface area contributed by atoms with Gasteiger partial charge in [-0.3, -0.25) is 0 Å². The van der Waals surface area contributed by atoms with Crippen LogP contribution in [0.25, 0.3) is 0 Å². The van der Waals surface area contributed by atoms with E-state index in [2.05, 4.69) is 19.9 Å². The van der Waals surface area contributed by atoms with Crippen LogP contribution in [0.1, 0.15) is 48.8 Å². The molecule has 19 heavy (non-hydrogen) atoms. The topological polar surface area (TPSA) is 44.5 Å². The first kappa shape index (κ1) is 14.2. The average molecular weight is 263 g/mol. The smallest absolute Gasteiger partial charge is 0.127 e. The predicted octanol–water partition coefficient (Wildman–Crippen LogP) is 3.44. The summed E-state index contributed by atoms with van der Waals surface area (Å²) >= 11 is 0. The molecule has 1 aliphatic carbocycles. The van der Waals surface area contributed by atoms with Gasteiger partial charge in [0.05, 0.1) is 14.2 Å². The summed E-state index contributed by atoms with van der Waals surface area (Å²) in [6.45, 7) is 4.14. The van der Waals surface area contributed by atoms with Gasteiger partial charge < -0.3 is 15.2 Å². The van der Waals surface area contributed by atoms with Gasteiger partial charge in [-0.25, -0.2) is 0 Å². The van der Waals surface area contributed by atoms with E-state index < -0.39 is 0 Å². The number of methoxy groups -OCH3 is 2. The van der Waals surface area contributed by atoms with Gasteiger partial charge in [0.2, 0.25) is 0 Å². The van der Waals surface area contributed by atoms with Crippen molar-refractivity contribution in [2.24, 2.45) is 5.73 Å². The van der Waals surface area contributed by atoms with Crippen LogP contribution in [-0.4, -0.2) is 14.2 Å². The van der Waals surface area contributed by atoms with E-state index in [1.54, 1.807) is 14.2 Å². The van der Waals surface area contributed by atoms with E-state index >= 15 is 0 Å². The number of nitrogens with two attached hydrogens (primary N) is 1. The van der Waals surface area contributed by atoms with Crippen molar-refractivity contribution in [3.8, 4) is 11.5 Å². The van der Waals surface area contributed by atoms with Crippen molar-refractivity contribution in [3.63, 3.8) is 0 Å². The summed E-state index contributed by atoms with van der Waals surface area (Å²) in [5.41, 5.74) is 9.76. The van der Waals surface area contributed by atoms with Crippen molar-refractivity contribution < 1.29 is 9.47 Å². The molecule has 0 aliphatic heterocycles. The molecule has 0 heterocycles. The molecule has 2 rings (SSSR count). The zero-order valence-electron chi connectivity index (χ0n) is 12.5. The van der Waals surface area contributed by atoms with Crippen molar-refractivity contribution >= 4 is 0 Å².